The molecule has 2 aliphatic rings. The number of hydrogen-bond donors (Lipinski definition) is 0. The Balaban J connectivity index is 1.43. The summed E-state index contributed by atoms with van der Waals surface area (Å²) in [7, 11) is 1.86. The predicted octanol–water partition coefficient (Wildman–Crippen LogP) is 1.60. The average Bonchev–Trinajstić information content (AvgIpc) is 3.30. The van der Waals surface area contributed by atoms with Gasteiger partial charge in [0.1, 0.15) is 12.4 Å². The molecule has 2 aliphatic heterocycles. The first-order valence-corrected chi connectivity index (χ1v) is 8.61. The number of aryl methyl sites for hydroxylation is 1. The minimum Gasteiger partial charge on any atom is -0.353 e. The summed E-state index contributed by atoms with van der Waals surface area (Å²) in [6.45, 7) is 1.73. The van der Waals surface area contributed by atoms with Gasteiger partial charge in [-0.2, -0.15) is 5.10 Å². The lowest BCUT2D eigenvalue weighted by molar-refractivity contribution is -0.126. The van der Waals surface area contributed by atoms with Gasteiger partial charge in [-0.1, -0.05) is 12.1 Å². The fourth-order valence-corrected chi connectivity index (χ4v) is 3.59. The second kappa shape index (κ2) is 6.44. The molecule has 1 unspecified atom stereocenters. The molecule has 0 saturated carbocycles. The molecule has 4 rings (SSSR count). The molecule has 0 bridgehead atoms. The van der Waals surface area contributed by atoms with Crippen LogP contribution in [-0.2, 0) is 18.4 Å². The smallest absolute Gasteiger partial charge is 0.327 e. The van der Waals surface area contributed by atoms with Crippen molar-refractivity contribution in [2.24, 2.45) is 7.05 Å². The largest absolute Gasteiger partial charge is 0.353 e. The van der Waals surface area contributed by atoms with Crippen LogP contribution in [0.5, 0.6) is 0 Å². The topological polar surface area (TPSA) is 61.7 Å². The maximum atomic E-state index is 13.0. The number of benzene rings is 1. The quantitative estimate of drug-likeness (QED) is 0.780. The first-order valence-electron chi connectivity index (χ1n) is 8.61. The average molecular weight is 357 g/mol. The molecule has 0 aliphatic carbocycles. The van der Waals surface area contributed by atoms with E-state index < -0.39 is 0 Å². The highest BCUT2D eigenvalue weighted by Gasteiger charge is 2.42. The number of urea groups is 1. The van der Waals surface area contributed by atoms with E-state index in [4.69, 9.17) is 0 Å². The molecule has 2 fully saturated rings. The van der Waals surface area contributed by atoms with Crippen molar-refractivity contribution in [3.8, 4) is 0 Å². The second-order valence-corrected chi connectivity index (χ2v) is 6.76. The Morgan fingerprint density at radius 3 is 2.65 bits per heavy atom. The normalized spacial score (nSPS) is 20.5. The van der Waals surface area contributed by atoms with E-state index in [0.717, 1.165) is 24.3 Å². The number of halogens is 1. The van der Waals surface area contributed by atoms with E-state index in [2.05, 4.69) is 10.00 Å². The predicted molar refractivity (Wildman–Crippen MR) is 92.9 cm³/mol. The summed E-state index contributed by atoms with van der Waals surface area (Å²) < 4.78 is 14.8. The Bertz CT molecular complexity index is 834. The summed E-state index contributed by atoms with van der Waals surface area (Å²) in [4.78, 5) is 30.2. The molecular weight excluding hydrogens is 337 g/mol. The van der Waals surface area contributed by atoms with Crippen molar-refractivity contribution in [3.63, 3.8) is 0 Å². The molecule has 7 nitrogen and oxygen atoms in total. The Hall–Kier alpha value is -2.90. The number of carbonyl (C=O) groups excluding carboxylic acids is 2. The van der Waals surface area contributed by atoms with Crippen LogP contribution in [0.1, 0.15) is 12.0 Å². The maximum absolute atomic E-state index is 13.0. The van der Waals surface area contributed by atoms with Gasteiger partial charge in [-0.3, -0.25) is 14.4 Å². The molecule has 3 amide bonds. The van der Waals surface area contributed by atoms with Crippen LogP contribution in [0.25, 0.3) is 0 Å². The minimum absolute atomic E-state index is 0.0658. The SMILES string of the molecule is Cn1ccc(N2CCC(N3C(=O)CN(Cc4ccc(F)cc4)C3=O)C2)n1. The summed E-state index contributed by atoms with van der Waals surface area (Å²) in [5.74, 6) is 0.363. The Morgan fingerprint density at radius 1 is 1.19 bits per heavy atom. The van der Waals surface area contributed by atoms with E-state index in [-0.39, 0.29) is 30.3 Å². The lowest BCUT2D eigenvalue weighted by atomic mass is 10.2. The zero-order chi connectivity index (χ0) is 18.3. The Labute approximate surface area is 150 Å². The van der Waals surface area contributed by atoms with E-state index in [1.165, 1.54) is 21.9 Å². The molecule has 1 aromatic heterocycles. The second-order valence-electron chi connectivity index (χ2n) is 6.76. The van der Waals surface area contributed by atoms with Crippen LogP contribution in [0, 0.1) is 5.82 Å². The van der Waals surface area contributed by atoms with Gasteiger partial charge in [0.05, 0.1) is 6.04 Å². The molecule has 2 aromatic rings. The third kappa shape index (κ3) is 3.02. The van der Waals surface area contributed by atoms with E-state index in [9.17, 15) is 14.0 Å². The number of rotatable bonds is 4. The molecule has 3 heterocycles. The van der Waals surface area contributed by atoms with Crippen molar-refractivity contribution in [3.05, 3.63) is 47.9 Å². The Morgan fingerprint density at radius 2 is 1.96 bits per heavy atom. The zero-order valence-corrected chi connectivity index (χ0v) is 14.5. The first kappa shape index (κ1) is 16.6. The van der Waals surface area contributed by atoms with Crippen LogP contribution in [0.3, 0.4) is 0 Å². The van der Waals surface area contributed by atoms with Gasteiger partial charge in [0.25, 0.3) is 5.91 Å². The number of imide groups is 1. The van der Waals surface area contributed by atoms with Crippen LogP contribution in [0.4, 0.5) is 15.0 Å². The van der Waals surface area contributed by atoms with Gasteiger partial charge in [-0.25, -0.2) is 9.18 Å². The van der Waals surface area contributed by atoms with Gasteiger partial charge >= 0.3 is 6.03 Å². The van der Waals surface area contributed by atoms with Crippen molar-refractivity contribution >= 4 is 17.8 Å². The van der Waals surface area contributed by atoms with Crippen molar-refractivity contribution < 1.29 is 14.0 Å². The molecular formula is C18H20FN5O2. The summed E-state index contributed by atoms with van der Waals surface area (Å²) in [6.07, 6.45) is 2.61. The highest BCUT2D eigenvalue weighted by Crippen LogP contribution is 2.25. The fourth-order valence-electron chi connectivity index (χ4n) is 3.59. The summed E-state index contributed by atoms with van der Waals surface area (Å²) >= 11 is 0. The molecule has 0 radical (unpaired) electrons. The highest BCUT2D eigenvalue weighted by molar-refractivity contribution is 6.02. The molecule has 0 N–H and O–H groups in total. The van der Waals surface area contributed by atoms with Crippen LogP contribution in [0.2, 0.25) is 0 Å². The van der Waals surface area contributed by atoms with Crippen LogP contribution in [0.15, 0.2) is 36.5 Å². The minimum atomic E-state index is -0.320. The van der Waals surface area contributed by atoms with Crippen molar-refractivity contribution in [2.75, 3.05) is 24.5 Å². The monoisotopic (exact) mass is 357 g/mol. The molecule has 1 atom stereocenters. The Kier molecular flexibility index (Phi) is 4.10. The summed E-state index contributed by atoms with van der Waals surface area (Å²) in [5.41, 5.74) is 0.802. The molecule has 1 aromatic carbocycles. The fraction of sp³-hybridized carbons (Fsp3) is 0.389. The number of aromatic nitrogens is 2. The van der Waals surface area contributed by atoms with Gasteiger partial charge in [0.15, 0.2) is 5.82 Å². The van der Waals surface area contributed by atoms with Gasteiger partial charge in [-0.15, -0.1) is 0 Å². The summed E-state index contributed by atoms with van der Waals surface area (Å²) in [5, 5.41) is 4.38. The first-order chi connectivity index (χ1) is 12.5. The number of amides is 3. The van der Waals surface area contributed by atoms with Crippen molar-refractivity contribution in [2.45, 2.75) is 19.0 Å². The molecule has 26 heavy (non-hydrogen) atoms. The van der Waals surface area contributed by atoms with E-state index >= 15 is 0 Å². The molecule has 136 valence electrons. The number of carbonyl (C=O) groups is 2. The lowest BCUT2D eigenvalue weighted by Crippen LogP contribution is -2.42. The number of hydrogen-bond acceptors (Lipinski definition) is 4. The highest BCUT2D eigenvalue weighted by atomic mass is 19.1. The summed E-state index contributed by atoms with van der Waals surface area (Å²) in [6, 6.07) is 7.50. The van der Waals surface area contributed by atoms with Crippen molar-refractivity contribution in [1.82, 2.24) is 19.6 Å². The van der Waals surface area contributed by atoms with Gasteiger partial charge in [0.2, 0.25) is 0 Å². The van der Waals surface area contributed by atoms with Gasteiger partial charge in [0, 0.05) is 38.9 Å². The van der Waals surface area contributed by atoms with E-state index in [1.54, 1.807) is 16.8 Å². The van der Waals surface area contributed by atoms with Gasteiger partial charge in [-0.05, 0) is 24.1 Å². The standard InChI is InChI=1S/C18H20FN5O2/c1-21-8-7-16(20-21)22-9-6-15(11-22)24-17(25)12-23(18(24)26)10-13-2-4-14(19)5-3-13/h2-5,7-8,15H,6,9-12H2,1H3. The van der Waals surface area contributed by atoms with E-state index in [1.807, 2.05) is 19.3 Å². The molecule has 8 heteroatoms. The third-order valence-electron chi connectivity index (χ3n) is 4.91. The van der Waals surface area contributed by atoms with E-state index in [0.29, 0.717) is 13.1 Å². The van der Waals surface area contributed by atoms with Crippen LogP contribution < -0.4 is 4.90 Å². The number of anilines is 1. The lowest BCUT2D eigenvalue weighted by Gasteiger charge is -2.23. The van der Waals surface area contributed by atoms with Crippen molar-refractivity contribution in [1.29, 1.82) is 0 Å². The van der Waals surface area contributed by atoms with Crippen LogP contribution >= 0.6 is 0 Å². The van der Waals surface area contributed by atoms with Crippen LogP contribution in [-0.4, -0.2) is 57.2 Å². The third-order valence-corrected chi connectivity index (χ3v) is 4.91. The molecule has 0 spiro atoms. The maximum Gasteiger partial charge on any atom is 0.327 e. The zero-order valence-electron chi connectivity index (χ0n) is 14.5. The number of nitrogens with zero attached hydrogens (tertiary/aromatic N) is 5. The molecule has 2 saturated heterocycles. The van der Waals surface area contributed by atoms with Gasteiger partial charge < -0.3 is 9.80 Å².